The molecule has 5 nitrogen and oxygen atoms in total. The molecule has 0 radical (unpaired) electrons. The summed E-state index contributed by atoms with van der Waals surface area (Å²) < 4.78 is 66.8. The van der Waals surface area contributed by atoms with Gasteiger partial charge in [0, 0.05) is 18.7 Å². The van der Waals surface area contributed by atoms with Crippen LogP contribution in [0.3, 0.4) is 0 Å². The minimum atomic E-state index is -4.39. The van der Waals surface area contributed by atoms with Crippen molar-refractivity contribution in [2.24, 2.45) is 11.8 Å². The quantitative estimate of drug-likeness (QED) is 0.556. The van der Waals surface area contributed by atoms with Crippen molar-refractivity contribution >= 4 is 23.5 Å². The second-order valence-electron chi connectivity index (χ2n) is 7.32. The Balaban J connectivity index is 1.85. The van der Waals surface area contributed by atoms with Crippen LogP contribution in [0.5, 0.6) is 0 Å². The highest BCUT2D eigenvalue weighted by Crippen LogP contribution is 2.50. The van der Waals surface area contributed by atoms with Crippen LogP contribution in [0.15, 0.2) is 12.1 Å². The van der Waals surface area contributed by atoms with Crippen LogP contribution in [0.4, 0.5) is 26.7 Å². The van der Waals surface area contributed by atoms with Crippen molar-refractivity contribution in [1.82, 2.24) is 15.5 Å². The van der Waals surface area contributed by atoms with Gasteiger partial charge in [0.05, 0.1) is 12.0 Å². The number of nitrogens with zero attached hydrogens (tertiary/aromatic N) is 1. The lowest BCUT2D eigenvalue weighted by atomic mass is 9.69. The second-order valence-corrected chi connectivity index (χ2v) is 7.70. The minimum absolute atomic E-state index is 0.188. The summed E-state index contributed by atoms with van der Waals surface area (Å²) in [7, 11) is 0. The average Bonchev–Trinajstić information content (AvgIpc) is 2.59. The summed E-state index contributed by atoms with van der Waals surface area (Å²) in [6.07, 6.45) is -5.00. The van der Waals surface area contributed by atoms with Gasteiger partial charge in [-0.1, -0.05) is 17.7 Å². The number of nitrogens with one attached hydrogen (secondary N) is 2. The van der Waals surface area contributed by atoms with Crippen molar-refractivity contribution in [1.29, 1.82) is 0 Å². The monoisotopic (exact) mass is 439 g/mol. The summed E-state index contributed by atoms with van der Waals surface area (Å²) in [4.78, 5) is 25.7. The number of hydrogen-bond acceptors (Lipinski definition) is 2. The van der Waals surface area contributed by atoms with Crippen molar-refractivity contribution in [3.8, 4) is 0 Å². The first kappa shape index (κ1) is 21.6. The highest BCUT2D eigenvalue weighted by atomic mass is 35.5. The molecule has 1 unspecified atom stereocenters. The number of rotatable bonds is 3. The van der Waals surface area contributed by atoms with Gasteiger partial charge in [0.25, 0.3) is 0 Å². The molecule has 1 heterocycles. The molecule has 3 rings (SSSR count). The van der Waals surface area contributed by atoms with Gasteiger partial charge in [-0.05, 0) is 31.7 Å². The van der Waals surface area contributed by atoms with Gasteiger partial charge in [0.1, 0.15) is 22.7 Å². The number of piperazine rings is 1. The predicted molar refractivity (Wildman–Crippen MR) is 94.1 cm³/mol. The summed E-state index contributed by atoms with van der Waals surface area (Å²) in [6, 6.07) is -0.690. The Morgan fingerprint density at radius 1 is 1.31 bits per heavy atom. The van der Waals surface area contributed by atoms with Crippen LogP contribution in [0.1, 0.15) is 31.4 Å². The predicted octanol–water partition coefficient (Wildman–Crippen LogP) is 3.78. The lowest BCUT2D eigenvalue weighted by Crippen LogP contribution is -2.59. The van der Waals surface area contributed by atoms with Crippen molar-refractivity contribution in [2.75, 3.05) is 13.1 Å². The molecule has 1 saturated heterocycles. The highest BCUT2D eigenvalue weighted by molar-refractivity contribution is 6.31. The molecule has 0 aromatic heterocycles. The molecular weight excluding hydrogens is 421 g/mol. The highest BCUT2D eigenvalue weighted by Gasteiger charge is 2.51. The Morgan fingerprint density at radius 2 is 1.97 bits per heavy atom. The zero-order valence-electron chi connectivity index (χ0n) is 15.3. The molecule has 11 heteroatoms. The largest absolute Gasteiger partial charge is 0.391 e. The van der Waals surface area contributed by atoms with E-state index in [9.17, 15) is 31.5 Å². The smallest absolute Gasteiger partial charge is 0.353 e. The van der Waals surface area contributed by atoms with E-state index in [0.717, 1.165) is 12.1 Å². The lowest BCUT2D eigenvalue weighted by Gasteiger charge is -2.43. The van der Waals surface area contributed by atoms with Crippen LogP contribution in [0, 0.1) is 23.5 Å². The topological polar surface area (TPSA) is 61.4 Å². The molecule has 0 spiro atoms. The minimum Gasteiger partial charge on any atom is -0.353 e. The molecule has 0 bridgehead atoms. The van der Waals surface area contributed by atoms with Crippen molar-refractivity contribution < 1.29 is 31.5 Å². The maximum atomic E-state index is 14.6. The average molecular weight is 440 g/mol. The molecule has 29 heavy (non-hydrogen) atoms. The number of benzene rings is 1. The van der Waals surface area contributed by atoms with Gasteiger partial charge in [-0.3, -0.25) is 4.79 Å². The van der Waals surface area contributed by atoms with Gasteiger partial charge in [0.2, 0.25) is 5.91 Å². The third-order valence-electron chi connectivity index (χ3n) is 5.55. The van der Waals surface area contributed by atoms with Gasteiger partial charge in [-0.2, -0.15) is 13.2 Å². The van der Waals surface area contributed by atoms with Gasteiger partial charge in [-0.25, -0.2) is 13.6 Å². The summed E-state index contributed by atoms with van der Waals surface area (Å²) in [5, 5.41) is 4.33. The molecule has 1 aromatic carbocycles. The van der Waals surface area contributed by atoms with Crippen LogP contribution in [0.2, 0.25) is 5.02 Å². The molecule has 2 fully saturated rings. The zero-order valence-corrected chi connectivity index (χ0v) is 16.1. The van der Waals surface area contributed by atoms with Crippen molar-refractivity contribution in [2.45, 2.75) is 38.0 Å². The Kier molecular flexibility index (Phi) is 5.93. The van der Waals surface area contributed by atoms with Crippen LogP contribution >= 0.6 is 11.6 Å². The van der Waals surface area contributed by atoms with E-state index < -0.39 is 52.8 Å². The first-order chi connectivity index (χ1) is 13.5. The lowest BCUT2D eigenvalue weighted by molar-refractivity contribution is -0.206. The fourth-order valence-corrected chi connectivity index (χ4v) is 3.88. The van der Waals surface area contributed by atoms with Gasteiger partial charge >= 0.3 is 12.2 Å². The number of hydrogen-bond donors (Lipinski definition) is 2. The Bertz CT molecular complexity index is 813. The van der Waals surface area contributed by atoms with Gasteiger partial charge < -0.3 is 15.5 Å². The summed E-state index contributed by atoms with van der Waals surface area (Å²) in [5.41, 5.74) is -0.190. The van der Waals surface area contributed by atoms with Crippen LogP contribution in [0.25, 0.3) is 0 Å². The van der Waals surface area contributed by atoms with E-state index in [4.69, 9.17) is 11.6 Å². The van der Waals surface area contributed by atoms with E-state index in [2.05, 4.69) is 10.6 Å². The van der Waals surface area contributed by atoms with Crippen LogP contribution < -0.4 is 10.6 Å². The number of alkyl halides is 3. The van der Waals surface area contributed by atoms with E-state index in [-0.39, 0.29) is 37.4 Å². The number of carbonyl (C=O) groups excluding carboxylic acids is 2. The maximum Gasteiger partial charge on any atom is 0.391 e. The molecule has 1 aliphatic carbocycles. The van der Waals surface area contributed by atoms with E-state index >= 15 is 0 Å². The normalized spacial score (nSPS) is 25.8. The third-order valence-corrected chi connectivity index (χ3v) is 5.89. The standard InChI is InChI=1S/C18H19ClF5N3O2/c1-8-16(28)25-4-5-27(8)17(29)26-15(9-6-10(7-9)18(22,23)24)11-2-3-12(20)13(19)14(11)21/h2-3,8-10,15H,4-7H2,1H3,(H,25,28)(H,26,29)/t8-,9-,10-,15?/m1/s1. The number of halogens is 6. The summed E-state index contributed by atoms with van der Waals surface area (Å²) in [5.74, 6) is -4.78. The first-order valence-corrected chi connectivity index (χ1v) is 9.43. The first-order valence-electron chi connectivity index (χ1n) is 9.05. The Morgan fingerprint density at radius 3 is 2.59 bits per heavy atom. The summed E-state index contributed by atoms with van der Waals surface area (Å²) in [6.45, 7) is 1.91. The second kappa shape index (κ2) is 7.97. The van der Waals surface area contributed by atoms with Gasteiger partial charge in [-0.15, -0.1) is 0 Å². The van der Waals surface area contributed by atoms with E-state index in [1.54, 1.807) is 0 Å². The molecule has 1 aliphatic heterocycles. The van der Waals surface area contributed by atoms with Crippen molar-refractivity contribution in [3.05, 3.63) is 34.4 Å². The molecule has 1 saturated carbocycles. The molecule has 3 amide bonds. The number of carbonyl (C=O) groups is 2. The molecule has 1 aromatic rings. The molecule has 2 aliphatic rings. The fourth-order valence-electron chi connectivity index (χ4n) is 3.71. The van der Waals surface area contributed by atoms with Crippen LogP contribution in [-0.4, -0.2) is 42.1 Å². The fraction of sp³-hybridized carbons (Fsp3) is 0.556. The molecule has 2 N–H and O–H groups in total. The molecular formula is C18H19ClF5N3O2. The van der Waals surface area contributed by atoms with Crippen LogP contribution in [-0.2, 0) is 4.79 Å². The SMILES string of the molecule is C[C@@H]1C(=O)NCCN1C(=O)NC(c1ccc(F)c(Cl)c1F)[C@H]1C[C@H](C(F)(F)F)C1. The van der Waals surface area contributed by atoms with E-state index in [0.29, 0.717) is 0 Å². The Hall–Kier alpha value is -2.10. The maximum absolute atomic E-state index is 14.6. The van der Waals surface area contributed by atoms with Crippen molar-refractivity contribution in [3.63, 3.8) is 0 Å². The third kappa shape index (κ3) is 4.26. The van der Waals surface area contributed by atoms with Gasteiger partial charge in [0.15, 0.2) is 0 Å². The number of amides is 3. The molecule has 160 valence electrons. The van der Waals surface area contributed by atoms with E-state index in [1.807, 2.05) is 0 Å². The summed E-state index contributed by atoms with van der Waals surface area (Å²) >= 11 is 5.62. The zero-order chi connectivity index (χ0) is 21.5. The molecule has 2 atom stereocenters. The van der Waals surface area contributed by atoms with E-state index in [1.165, 1.54) is 11.8 Å². The number of urea groups is 1. The Labute approximate surface area is 168 Å².